The van der Waals surface area contributed by atoms with E-state index < -0.39 is 5.82 Å². The van der Waals surface area contributed by atoms with E-state index in [2.05, 4.69) is 15.2 Å². The molecule has 4 nitrogen and oxygen atoms in total. The molecule has 6 heteroatoms. The molecule has 1 aromatic carbocycles. The zero-order chi connectivity index (χ0) is 13.2. The van der Waals surface area contributed by atoms with Crippen LogP contribution >= 0.6 is 11.6 Å². The van der Waals surface area contributed by atoms with E-state index >= 15 is 0 Å². The van der Waals surface area contributed by atoms with Gasteiger partial charge < -0.3 is 4.42 Å². The lowest BCUT2D eigenvalue weighted by Gasteiger charge is -1.98. The normalized spacial score (nSPS) is 10.6. The van der Waals surface area contributed by atoms with Gasteiger partial charge in [-0.2, -0.15) is 0 Å². The van der Waals surface area contributed by atoms with E-state index in [1.54, 1.807) is 30.6 Å². The molecule has 0 bridgehead atoms. The number of pyridine rings is 1. The first-order chi connectivity index (χ1) is 9.25. The Hall–Kier alpha value is -2.27. The van der Waals surface area contributed by atoms with Gasteiger partial charge in [0, 0.05) is 12.4 Å². The molecule has 0 amide bonds. The molecule has 2 heterocycles. The van der Waals surface area contributed by atoms with Gasteiger partial charge in [-0.05, 0) is 24.3 Å². The Morgan fingerprint density at radius 2 is 1.89 bits per heavy atom. The summed E-state index contributed by atoms with van der Waals surface area (Å²) >= 11 is 5.71. The van der Waals surface area contributed by atoms with Crippen LogP contribution in [0.15, 0.2) is 47.1 Å². The zero-order valence-electron chi connectivity index (χ0n) is 9.55. The number of nitrogens with zero attached hydrogens (tertiary/aromatic N) is 3. The summed E-state index contributed by atoms with van der Waals surface area (Å²) in [6.45, 7) is 0. The number of hydrogen-bond donors (Lipinski definition) is 0. The highest BCUT2D eigenvalue weighted by Gasteiger charge is 2.15. The van der Waals surface area contributed by atoms with Crippen molar-refractivity contribution in [2.75, 3.05) is 0 Å². The quantitative estimate of drug-likeness (QED) is 0.717. The molecule has 3 rings (SSSR count). The van der Waals surface area contributed by atoms with Crippen molar-refractivity contribution in [1.82, 2.24) is 15.2 Å². The van der Waals surface area contributed by atoms with E-state index in [4.69, 9.17) is 16.0 Å². The van der Waals surface area contributed by atoms with Gasteiger partial charge >= 0.3 is 0 Å². The van der Waals surface area contributed by atoms with E-state index in [1.807, 2.05) is 0 Å². The lowest BCUT2D eigenvalue weighted by atomic mass is 10.2. The second kappa shape index (κ2) is 4.78. The van der Waals surface area contributed by atoms with Crippen LogP contribution in [0.4, 0.5) is 4.39 Å². The first-order valence-electron chi connectivity index (χ1n) is 5.44. The largest absolute Gasteiger partial charge is 0.416 e. The van der Waals surface area contributed by atoms with Crippen molar-refractivity contribution in [2.24, 2.45) is 0 Å². The molecule has 0 aliphatic heterocycles. The maximum atomic E-state index is 13.8. The van der Waals surface area contributed by atoms with E-state index in [1.165, 1.54) is 12.1 Å². The Labute approximate surface area is 112 Å². The average molecular weight is 276 g/mol. The molecule has 0 saturated carbocycles. The third-order valence-electron chi connectivity index (χ3n) is 2.52. The Bertz CT molecular complexity index is 715. The van der Waals surface area contributed by atoms with Gasteiger partial charge in [0.1, 0.15) is 0 Å². The van der Waals surface area contributed by atoms with Gasteiger partial charge in [-0.25, -0.2) is 4.39 Å². The summed E-state index contributed by atoms with van der Waals surface area (Å²) < 4.78 is 19.3. The first kappa shape index (κ1) is 11.8. The van der Waals surface area contributed by atoms with Crippen LogP contribution in [0.1, 0.15) is 0 Å². The molecule has 0 aliphatic carbocycles. The van der Waals surface area contributed by atoms with Crippen LogP contribution in [0, 0.1) is 5.82 Å². The summed E-state index contributed by atoms with van der Waals surface area (Å²) in [6, 6.07) is 8.13. The molecule has 0 aliphatic rings. The Kier molecular flexibility index (Phi) is 2.97. The van der Waals surface area contributed by atoms with Crippen LogP contribution < -0.4 is 0 Å². The highest BCUT2D eigenvalue weighted by Crippen LogP contribution is 2.28. The molecule has 94 valence electrons. The standard InChI is InChI=1S/C13H7ClFN3O/c14-10-5-1-4-9(11(10)15)13-18-17-12(19-13)8-3-2-6-16-7-8/h1-7H. The minimum absolute atomic E-state index is 0.0126. The Balaban J connectivity index is 2.05. The van der Waals surface area contributed by atoms with Gasteiger partial charge in [0.25, 0.3) is 5.89 Å². The third-order valence-corrected chi connectivity index (χ3v) is 2.81. The topological polar surface area (TPSA) is 51.8 Å². The number of benzene rings is 1. The molecule has 0 radical (unpaired) electrons. The summed E-state index contributed by atoms with van der Waals surface area (Å²) in [5.74, 6) is -0.216. The van der Waals surface area contributed by atoms with Crippen LogP contribution in [0.3, 0.4) is 0 Å². The third kappa shape index (κ3) is 2.20. The molecule has 0 atom stereocenters. The predicted octanol–water partition coefficient (Wildman–Crippen LogP) is 3.59. The van der Waals surface area contributed by atoms with E-state index in [0.29, 0.717) is 5.56 Å². The van der Waals surface area contributed by atoms with Crippen LogP contribution in [0.5, 0.6) is 0 Å². The average Bonchev–Trinajstić information content (AvgIpc) is 2.92. The number of hydrogen-bond acceptors (Lipinski definition) is 4. The smallest absolute Gasteiger partial charge is 0.251 e. The molecule has 0 unspecified atom stereocenters. The molecule has 0 N–H and O–H groups in total. The highest BCUT2D eigenvalue weighted by molar-refractivity contribution is 6.31. The van der Waals surface area contributed by atoms with E-state index in [0.717, 1.165) is 0 Å². The Morgan fingerprint density at radius 3 is 2.68 bits per heavy atom. The van der Waals surface area contributed by atoms with Gasteiger partial charge in [0.15, 0.2) is 5.82 Å². The number of halogens is 2. The van der Waals surface area contributed by atoms with Gasteiger partial charge in [-0.15, -0.1) is 10.2 Å². The predicted molar refractivity (Wildman–Crippen MR) is 67.9 cm³/mol. The zero-order valence-corrected chi connectivity index (χ0v) is 10.3. The fourth-order valence-electron chi connectivity index (χ4n) is 1.61. The molecule has 3 aromatic rings. The van der Waals surface area contributed by atoms with Gasteiger partial charge in [0.2, 0.25) is 5.89 Å². The second-order valence-electron chi connectivity index (χ2n) is 3.76. The van der Waals surface area contributed by atoms with Crippen molar-refractivity contribution in [2.45, 2.75) is 0 Å². The number of aromatic nitrogens is 3. The van der Waals surface area contributed by atoms with Crippen LogP contribution in [0.25, 0.3) is 22.9 Å². The molecule has 0 spiro atoms. The fourth-order valence-corrected chi connectivity index (χ4v) is 1.78. The van der Waals surface area contributed by atoms with Crippen LogP contribution in [-0.2, 0) is 0 Å². The fraction of sp³-hybridized carbons (Fsp3) is 0. The van der Waals surface area contributed by atoms with Crippen LogP contribution in [-0.4, -0.2) is 15.2 Å². The maximum Gasteiger partial charge on any atom is 0.251 e. The molecular weight excluding hydrogens is 269 g/mol. The summed E-state index contributed by atoms with van der Waals surface area (Å²) in [7, 11) is 0. The summed E-state index contributed by atoms with van der Waals surface area (Å²) in [4.78, 5) is 3.95. The van der Waals surface area contributed by atoms with Gasteiger partial charge in [0.05, 0.1) is 16.1 Å². The minimum Gasteiger partial charge on any atom is -0.416 e. The van der Waals surface area contributed by atoms with Crippen molar-refractivity contribution < 1.29 is 8.81 Å². The summed E-state index contributed by atoms with van der Waals surface area (Å²) in [5, 5.41) is 7.70. The van der Waals surface area contributed by atoms with Crippen molar-refractivity contribution >= 4 is 11.6 Å². The molecule has 0 saturated heterocycles. The number of rotatable bonds is 2. The molecule has 0 fully saturated rings. The minimum atomic E-state index is -0.578. The van der Waals surface area contributed by atoms with Crippen molar-refractivity contribution in [3.63, 3.8) is 0 Å². The lowest BCUT2D eigenvalue weighted by molar-refractivity contribution is 0.570. The highest BCUT2D eigenvalue weighted by atomic mass is 35.5. The van der Waals surface area contributed by atoms with E-state index in [9.17, 15) is 4.39 Å². The first-order valence-corrected chi connectivity index (χ1v) is 5.82. The lowest BCUT2D eigenvalue weighted by Crippen LogP contribution is -1.85. The Morgan fingerprint density at radius 1 is 1.05 bits per heavy atom. The maximum absolute atomic E-state index is 13.8. The van der Waals surface area contributed by atoms with Gasteiger partial charge in [-0.1, -0.05) is 17.7 Å². The monoisotopic (exact) mass is 275 g/mol. The molecule has 19 heavy (non-hydrogen) atoms. The second-order valence-corrected chi connectivity index (χ2v) is 4.16. The van der Waals surface area contributed by atoms with Crippen LogP contribution in [0.2, 0.25) is 5.02 Å². The molecule has 2 aromatic heterocycles. The molecular formula is C13H7ClFN3O. The summed E-state index contributed by atoms with van der Waals surface area (Å²) in [6.07, 6.45) is 3.23. The van der Waals surface area contributed by atoms with Crippen molar-refractivity contribution in [3.8, 4) is 22.9 Å². The van der Waals surface area contributed by atoms with Crippen molar-refractivity contribution in [3.05, 3.63) is 53.6 Å². The SMILES string of the molecule is Fc1c(Cl)cccc1-c1nnc(-c2cccnc2)o1. The van der Waals surface area contributed by atoms with E-state index in [-0.39, 0.29) is 22.4 Å². The van der Waals surface area contributed by atoms with Crippen molar-refractivity contribution in [1.29, 1.82) is 0 Å². The van der Waals surface area contributed by atoms with Gasteiger partial charge in [-0.3, -0.25) is 4.98 Å². The summed E-state index contributed by atoms with van der Waals surface area (Å²) in [5.41, 5.74) is 0.846.